The molecule has 0 aliphatic heterocycles. The van der Waals surface area contributed by atoms with E-state index in [-0.39, 0.29) is 0 Å². The summed E-state index contributed by atoms with van der Waals surface area (Å²) in [5, 5.41) is 4.02. The number of rotatable bonds is 3. The molecule has 5 nitrogen and oxygen atoms in total. The fraction of sp³-hybridized carbons (Fsp3) is 0.125. The van der Waals surface area contributed by atoms with Crippen LogP contribution in [-0.4, -0.2) is 17.3 Å². The van der Waals surface area contributed by atoms with Gasteiger partial charge in [-0.3, -0.25) is 0 Å². The second kappa shape index (κ2) is 5.28. The van der Waals surface area contributed by atoms with Crippen molar-refractivity contribution < 1.29 is 9.26 Å². The second-order valence-electron chi connectivity index (χ2n) is 4.75. The molecule has 0 spiro atoms. The number of nitrogen functional groups attached to an aromatic ring is 1. The number of nitrogens with zero attached hydrogens (tertiary/aromatic N) is 2. The Kier molecular flexibility index (Phi) is 3.31. The van der Waals surface area contributed by atoms with E-state index in [0.29, 0.717) is 23.2 Å². The van der Waals surface area contributed by atoms with Crippen LogP contribution in [0.25, 0.3) is 22.8 Å². The summed E-state index contributed by atoms with van der Waals surface area (Å²) in [6.45, 7) is 2.02. The molecule has 1 aromatic heterocycles. The Bertz CT molecular complexity index is 781. The molecule has 1 heterocycles. The van der Waals surface area contributed by atoms with Gasteiger partial charge in [0.1, 0.15) is 5.75 Å². The first-order valence-corrected chi connectivity index (χ1v) is 6.52. The van der Waals surface area contributed by atoms with Gasteiger partial charge in [0, 0.05) is 11.1 Å². The fourth-order valence-electron chi connectivity index (χ4n) is 2.11. The van der Waals surface area contributed by atoms with Gasteiger partial charge < -0.3 is 15.0 Å². The van der Waals surface area contributed by atoms with Crippen LogP contribution in [-0.2, 0) is 0 Å². The maximum absolute atomic E-state index is 5.89. The summed E-state index contributed by atoms with van der Waals surface area (Å²) in [4.78, 5) is 4.41. The van der Waals surface area contributed by atoms with Crippen molar-refractivity contribution >= 4 is 5.69 Å². The first-order chi connectivity index (χ1) is 10.2. The van der Waals surface area contributed by atoms with E-state index in [9.17, 15) is 0 Å². The van der Waals surface area contributed by atoms with Gasteiger partial charge in [-0.2, -0.15) is 4.98 Å². The normalized spacial score (nSPS) is 10.6. The van der Waals surface area contributed by atoms with Crippen molar-refractivity contribution in [3.8, 4) is 28.6 Å². The van der Waals surface area contributed by atoms with Crippen LogP contribution < -0.4 is 10.5 Å². The summed E-state index contributed by atoms with van der Waals surface area (Å²) in [6.07, 6.45) is 0. The smallest absolute Gasteiger partial charge is 0.258 e. The van der Waals surface area contributed by atoms with E-state index in [1.54, 1.807) is 19.2 Å². The molecule has 2 aromatic carbocycles. The van der Waals surface area contributed by atoms with Crippen LogP contribution in [0.3, 0.4) is 0 Å². The van der Waals surface area contributed by atoms with E-state index in [2.05, 4.69) is 10.1 Å². The number of hydrogen-bond acceptors (Lipinski definition) is 5. The van der Waals surface area contributed by atoms with Crippen LogP contribution in [0.1, 0.15) is 5.56 Å². The molecular formula is C16H15N3O2. The van der Waals surface area contributed by atoms with E-state index < -0.39 is 0 Å². The Morgan fingerprint density at radius 2 is 1.95 bits per heavy atom. The number of nitrogens with two attached hydrogens (primary N) is 1. The summed E-state index contributed by atoms with van der Waals surface area (Å²) in [6, 6.07) is 13.3. The molecule has 0 aliphatic carbocycles. The van der Waals surface area contributed by atoms with Gasteiger partial charge in [0.2, 0.25) is 5.82 Å². The van der Waals surface area contributed by atoms with Gasteiger partial charge in [0.15, 0.2) is 0 Å². The standard InChI is InChI=1S/C16H15N3O2/c1-10-4-3-5-11(8-10)15-18-16(21-19-15)12-6-7-14(20-2)13(17)9-12/h3-9H,17H2,1-2H3. The molecule has 0 unspecified atom stereocenters. The van der Waals surface area contributed by atoms with E-state index in [0.717, 1.165) is 16.7 Å². The molecule has 5 heteroatoms. The number of ether oxygens (including phenoxy) is 1. The second-order valence-corrected chi connectivity index (χ2v) is 4.75. The van der Waals surface area contributed by atoms with Crippen LogP contribution in [0.4, 0.5) is 5.69 Å². The summed E-state index contributed by atoms with van der Waals surface area (Å²) >= 11 is 0. The zero-order valence-corrected chi connectivity index (χ0v) is 11.8. The fourth-order valence-corrected chi connectivity index (χ4v) is 2.11. The van der Waals surface area contributed by atoms with Crippen LogP contribution in [0, 0.1) is 6.92 Å². The van der Waals surface area contributed by atoms with E-state index in [4.69, 9.17) is 15.0 Å². The summed E-state index contributed by atoms with van der Waals surface area (Å²) < 4.78 is 10.4. The van der Waals surface area contributed by atoms with Crippen molar-refractivity contribution in [3.63, 3.8) is 0 Å². The first kappa shape index (κ1) is 13.2. The van der Waals surface area contributed by atoms with E-state index in [1.165, 1.54) is 0 Å². The molecule has 0 amide bonds. The molecule has 0 fully saturated rings. The van der Waals surface area contributed by atoms with Gasteiger partial charge in [0.25, 0.3) is 5.89 Å². The molecule has 3 rings (SSSR count). The quantitative estimate of drug-likeness (QED) is 0.745. The van der Waals surface area contributed by atoms with Crippen molar-refractivity contribution in [1.82, 2.24) is 10.1 Å². The van der Waals surface area contributed by atoms with Gasteiger partial charge in [0.05, 0.1) is 12.8 Å². The van der Waals surface area contributed by atoms with Crippen LogP contribution in [0.2, 0.25) is 0 Å². The highest BCUT2D eigenvalue weighted by molar-refractivity contribution is 5.67. The highest BCUT2D eigenvalue weighted by Crippen LogP contribution is 2.28. The zero-order valence-electron chi connectivity index (χ0n) is 11.8. The Morgan fingerprint density at radius 1 is 1.10 bits per heavy atom. The predicted molar refractivity (Wildman–Crippen MR) is 80.9 cm³/mol. The van der Waals surface area contributed by atoms with E-state index >= 15 is 0 Å². The highest BCUT2D eigenvalue weighted by Gasteiger charge is 2.12. The molecule has 2 N–H and O–H groups in total. The highest BCUT2D eigenvalue weighted by atomic mass is 16.5. The lowest BCUT2D eigenvalue weighted by Crippen LogP contribution is -1.92. The molecular weight excluding hydrogens is 266 g/mol. The molecule has 0 radical (unpaired) electrons. The predicted octanol–water partition coefficient (Wildman–Crippen LogP) is 3.30. The maximum Gasteiger partial charge on any atom is 0.258 e. The van der Waals surface area contributed by atoms with Crippen molar-refractivity contribution in [2.24, 2.45) is 0 Å². The Morgan fingerprint density at radius 3 is 2.67 bits per heavy atom. The molecule has 106 valence electrons. The van der Waals surface area contributed by atoms with Gasteiger partial charge in [-0.05, 0) is 31.2 Å². The average Bonchev–Trinajstić information content (AvgIpc) is 2.97. The number of aryl methyl sites for hydroxylation is 1. The average molecular weight is 281 g/mol. The maximum atomic E-state index is 5.89. The molecule has 0 saturated heterocycles. The Balaban J connectivity index is 1.96. The summed E-state index contributed by atoms with van der Waals surface area (Å²) in [5.74, 6) is 1.61. The number of anilines is 1. The molecule has 0 bridgehead atoms. The lowest BCUT2D eigenvalue weighted by molar-refractivity contribution is 0.416. The van der Waals surface area contributed by atoms with Crippen LogP contribution in [0.15, 0.2) is 47.0 Å². The molecule has 0 atom stereocenters. The van der Waals surface area contributed by atoms with Crippen molar-refractivity contribution in [2.75, 3.05) is 12.8 Å². The third-order valence-electron chi connectivity index (χ3n) is 3.18. The third kappa shape index (κ3) is 2.58. The van der Waals surface area contributed by atoms with Gasteiger partial charge >= 0.3 is 0 Å². The zero-order chi connectivity index (χ0) is 14.8. The topological polar surface area (TPSA) is 74.2 Å². The summed E-state index contributed by atoms with van der Waals surface area (Å²) in [7, 11) is 1.58. The van der Waals surface area contributed by atoms with E-state index in [1.807, 2.05) is 37.3 Å². The minimum absolute atomic E-state index is 0.431. The van der Waals surface area contributed by atoms with Crippen molar-refractivity contribution in [1.29, 1.82) is 0 Å². The summed E-state index contributed by atoms with van der Waals surface area (Å²) in [5.41, 5.74) is 9.26. The van der Waals surface area contributed by atoms with Crippen LogP contribution >= 0.6 is 0 Å². The monoisotopic (exact) mass is 281 g/mol. The molecule has 0 aliphatic rings. The van der Waals surface area contributed by atoms with Crippen molar-refractivity contribution in [3.05, 3.63) is 48.0 Å². The lowest BCUT2D eigenvalue weighted by Gasteiger charge is -2.04. The third-order valence-corrected chi connectivity index (χ3v) is 3.18. The van der Waals surface area contributed by atoms with Gasteiger partial charge in [-0.15, -0.1) is 0 Å². The SMILES string of the molecule is COc1ccc(-c2nc(-c3cccc(C)c3)no2)cc1N. The molecule has 0 saturated carbocycles. The number of aromatic nitrogens is 2. The lowest BCUT2D eigenvalue weighted by atomic mass is 10.1. The number of methoxy groups -OCH3 is 1. The first-order valence-electron chi connectivity index (χ1n) is 6.52. The van der Waals surface area contributed by atoms with Crippen molar-refractivity contribution in [2.45, 2.75) is 6.92 Å². The Labute approximate surface area is 122 Å². The minimum atomic E-state index is 0.431. The number of hydrogen-bond donors (Lipinski definition) is 1. The van der Waals surface area contributed by atoms with Crippen LogP contribution in [0.5, 0.6) is 5.75 Å². The molecule has 21 heavy (non-hydrogen) atoms. The van der Waals surface area contributed by atoms with Gasteiger partial charge in [-0.1, -0.05) is 28.9 Å². The largest absolute Gasteiger partial charge is 0.495 e. The Hall–Kier alpha value is -2.82. The molecule has 3 aromatic rings. The number of benzene rings is 2. The minimum Gasteiger partial charge on any atom is -0.495 e. The van der Waals surface area contributed by atoms with Gasteiger partial charge in [-0.25, -0.2) is 0 Å².